The van der Waals surface area contributed by atoms with Crippen LogP contribution in [-0.4, -0.2) is 68.7 Å². The van der Waals surface area contributed by atoms with E-state index in [1.807, 2.05) is 65.5 Å². The number of carboxylic acid groups (broad SMARTS) is 2. The van der Waals surface area contributed by atoms with Crippen molar-refractivity contribution in [2.24, 2.45) is 17.3 Å². The lowest BCUT2D eigenvalue weighted by Crippen LogP contribution is -2.67. The minimum absolute atomic E-state index is 0.321. The molecule has 0 aromatic heterocycles. The van der Waals surface area contributed by atoms with Crippen molar-refractivity contribution in [3.63, 3.8) is 0 Å². The van der Waals surface area contributed by atoms with Gasteiger partial charge >= 0.3 is 11.9 Å². The van der Waals surface area contributed by atoms with Gasteiger partial charge < -0.3 is 19.9 Å². The van der Waals surface area contributed by atoms with Gasteiger partial charge in [-0.15, -0.1) is 0 Å². The van der Waals surface area contributed by atoms with Crippen LogP contribution in [-0.2, 0) is 19.3 Å². The average Bonchev–Trinajstić information content (AvgIpc) is 2.55. The summed E-state index contributed by atoms with van der Waals surface area (Å²) in [4.78, 5) is 36.7. The number of aliphatic carboxylic acids is 2. The van der Waals surface area contributed by atoms with Gasteiger partial charge in [0.05, 0.1) is 26.1 Å². The smallest absolute Gasteiger partial charge is 0.310 e. The van der Waals surface area contributed by atoms with Crippen molar-refractivity contribution in [1.82, 2.24) is 10.1 Å². The molecule has 0 aromatic rings. The Bertz CT molecular complexity index is 650. The summed E-state index contributed by atoms with van der Waals surface area (Å²) in [5.74, 6) is -2.72. The average molecular weight is 457 g/mol. The predicted octanol–water partition coefficient (Wildman–Crippen LogP) is 4.19. The fourth-order valence-corrected chi connectivity index (χ4v) is 7.54. The van der Waals surface area contributed by atoms with E-state index in [9.17, 15) is 19.8 Å². The van der Waals surface area contributed by atoms with Crippen LogP contribution in [0.25, 0.3) is 0 Å². The first-order valence-corrected chi connectivity index (χ1v) is 11.5. The molecule has 0 unspecified atom stereocenters. The van der Waals surface area contributed by atoms with Gasteiger partial charge in [0.2, 0.25) is 0 Å². The molecule has 0 aliphatic carbocycles. The first kappa shape index (κ1) is 27.0. The summed E-state index contributed by atoms with van der Waals surface area (Å²) in [6, 6.07) is 0. The monoisotopic (exact) mass is 456 g/mol. The van der Waals surface area contributed by atoms with E-state index in [1.165, 1.54) is 0 Å². The molecule has 2 aliphatic heterocycles. The molecule has 0 aromatic carbocycles. The Kier molecular flexibility index (Phi) is 7.20. The first-order chi connectivity index (χ1) is 14.4. The molecule has 2 fully saturated rings. The molecule has 0 spiro atoms. The lowest BCUT2D eigenvalue weighted by molar-refractivity contribution is -0.293. The van der Waals surface area contributed by atoms with Crippen molar-refractivity contribution < 1.29 is 29.5 Å². The Labute approximate surface area is 193 Å². The summed E-state index contributed by atoms with van der Waals surface area (Å²) in [7, 11) is 3.27. The highest BCUT2D eigenvalue weighted by Crippen LogP contribution is 2.58. The zero-order valence-electron chi connectivity index (χ0n) is 21.6. The normalized spacial score (nSPS) is 26.7. The minimum atomic E-state index is -1.39. The summed E-state index contributed by atoms with van der Waals surface area (Å²) >= 11 is 0. The summed E-state index contributed by atoms with van der Waals surface area (Å²) in [6.07, 6.45) is 1.75. The summed E-state index contributed by atoms with van der Waals surface area (Å²) in [5.41, 5.74) is -3.18. The van der Waals surface area contributed by atoms with Crippen LogP contribution in [0.3, 0.4) is 0 Å². The molecule has 2 N–H and O–H groups in total. The topological polar surface area (TPSA) is 99.5 Å². The maximum absolute atomic E-state index is 13.1. The molecule has 0 amide bonds. The van der Waals surface area contributed by atoms with Crippen molar-refractivity contribution >= 4 is 11.9 Å². The van der Waals surface area contributed by atoms with Crippen LogP contribution < -0.4 is 0 Å². The molecule has 0 radical (unpaired) electrons. The van der Waals surface area contributed by atoms with E-state index in [0.29, 0.717) is 25.7 Å². The highest BCUT2D eigenvalue weighted by molar-refractivity contribution is 5.82. The number of hydrogen-bond donors (Lipinski definition) is 2. The molecular formula is C24H44N2O6. The molecule has 2 saturated heterocycles. The Morgan fingerprint density at radius 2 is 1.03 bits per heavy atom. The third-order valence-electron chi connectivity index (χ3n) is 7.85. The van der Waals surface area contributed by atoms with Gasteiger partial charge in [-0.25, -0.2) is 0 Å². The molecule has 8 heteroatoms. The number of carboxylic acids is 2. The van der Waals surface area contributed by atoms with Gasteiger partial charge in [-0.2, -0.15) is 10.1 Å². The van der Waals surface area contributed by atoms with Gasteiger partial charge in [-0.05, 0) is 92.9 Å². The van der Waals surface area contributed by atoms with Crippen LogP contribution in [0.1, 0.15) is 87.5 Å². The third-order valence-corrected chi connectivity index (χ3v) is 7.85. The molecule has 0 bridgehead atoms. The molecule has 186 valence electrons. The summed E-state index contributed by atoms with van der Waals surface area (Å²) < 4.78 is 0. The van der Waals surface area contributed by atoms with E-state index in [2.05, 4.69) is 0 Å². The predicted molar refractivity (Wildman–Crippen MR) is 122 cm³/mol. The maximum Gasteiger partial charge on any atom is 0.310 e. The van der Waals surface area contributed by atoms with Crippen molar-refractivity contribution in [3.8, 4) is 0 Å². The molecule has 0 atom stereocenters. The molecule has 2 heterocycles. The minimum Gasteiger partial charge on any atom is -0.481 e. The van der Waals surface area contributed by atoms with Crippen molar-refractivity contribution in [2.75, 3.05) is 14.2 Å². The van der Waals surface area contributed by atoms with Crippen LogP contribution in [0.4, 0.5) is 0 Å². The van der Waals surface area contributed by atoms with Gasteiger partial charge in [-0.1, -0.05) is 0 Å². The highest BCUT2D eigenvalue weighted by Gasteiger charge is 2.62. The molecule has 2 aliphatic rings. The van der Waals surface area contributed by atoms with E-state index in [0.717, 1.165) is 0 Å². The number of hydroxylamine groups is 4. The number of nitrogens with zero attached hydrogens (tertiary/aromatic N) is 2. The fourth-order valence-electron chi connectivity index (χ4n) is 7.54. The largest absolute Gasteiger partial charge is 0.481 e. The lowest BCUT2D eigenvalue weighted by Gasteiger charge is -2.60. The highest BCUT2D eigenvalue weighted by atomic mass is 16.7. The molecule has 0 saturated carbocycles. The lowest BCUT2D eigenvalue weighted by atomic mass is 9.53. The molecule has 32 heavy (non-hydrogen) atoms. The maximum atomic E-state index is 13.1. The van der Waals surface area contributed by atoms with Crippen LogP contribution in [0, 0.1) is 17.3 Å². The van der Waals surface area contributed by atoms with Gasteiger partial charge in [0.1, 0.15) is 0 Å². The van der Waals surface area contributed by atoms with E-state index in [4.69, 9.17) is 9.68 Å². The Morgan fingerprint density at radius 1 is 0.750 bits per heavy atom. The van der Waals surface area contributed by atoms with Gasteiger partial charge in [0.25, 0.3) is 0 Å². The third kappa shape index (κ3) is 4.56. The Balaban J connectivity index is 2.66. The van der Waals surface area contributed by atoms with Crippen molar-refractivity contribution in [1.29, 1.82) is 0 Å². The molecule has 2 rings (SSSR count). The number of carbonyl (C=O) groups is 2. The van der Waals surface area contributed by atoms with Gasteiger partial charge in [0.15, 0.2) is 0 Å². The summed E-state index contributed by atoms with van der Waals surface area (Å²) in [5, 5.41) is 24.6. The van der Waals surface area contributed by atoms with E-state index in [-0.39, 0.29) is 11.8 Å². The number of hydrogen-bond acceptors (Lipinski definition) is 6. The van der Waals surface area contributed by atoms with E-state index in [1.54, 1.807) is 14.2 Å². The van der Waals surface area contributed by atoms with Crippen molar-refractivity contribution in [3.05, 3.63) is 0 Å². The van der Waals surface area contributed by atoms with Gasteiger partial charge in [-0.3, -0.25) is 9.59 Å². The van der Waals surface area contributed by atoms with Crippen LogP contribution in [0.5, 0.6) is 0 Å². The molecular weight excluding hydrogens is 412 g/mol. The molecule has 8 nitrogen and oxygen atoms in total. The quantitative estimate of drug-likeness (QED) is 0.588. The van der Waals surface area contributed by atoms with Crippen LogP contribution in [0.15, 0.2) is 0 Å². The first-order valence-electron chi connectivity index (χ1n) is 11.5. The number of rotatable bonds is 7. The van der Waals surface area contributed by atoms with Gasteiger partial charge in [0, 0.05) is 22.2 Å². The van der Waals surface area contributed by atoms with Crippen LogP contribution >= 0.6 is 0 Å². The SMILES string of the molecule is CON1C(C)(C)CC(C(CC(=O)O)(C(=O)O)C2CC(C)(C)N(OC)C(C)(C)C2)CC1(C)C. The zero-order chi connectivity index (χ0) is 24.9. The van der Waals surface area contributed by atoms with Crippen molar-refractivity contribution in [2.45, 2.75) is 110 Å². The Morgan fingerprint density at radius 3 is 1.22 bits per heavy atom. The second-order valence-electron chi connectivity index (χ2n) is 12.3. The second-order valence-corrected chi connectivity index (χ2v) is 12.3. The number of piperidine rings is 2. The standard InChI is InChI=1S/C24H44N2O6/c1-20(2)11-16(12-21(3,4)25(20)31-9)24(19(29)30,15-18(27)28)17-13-22(5,6)26(32-10)23(7,8)14-17/h16-17H,11-15H2,1-10H3,(H,27,28)(H,29,30). The van der Waals surface area contributed by atoms with Crippen LogP contribution in [0.2, 0.25) is 0 Å². The fraction of sp³-hybridized carbons (Fsp3) is 0.917. The summed E-state index contributed by atoms with van der Waals surface area (Å²) in [6.45, 7) is 16.3. The Hall–Kier alpha value is -1.22. The second kappa shape index (κ2) is 8.53. The van der Waals surface area contributed by atoms with E-state index >= 15 is 0 Å². The van der Waals surface area contributed by atoms with E-state index < -0.39 is 45.9 Å². The zero-order valence-corrected chi connectivity index (χ0v) is 21.6.